The number of nitrogens with one attached hydrogen (secondary N) is 1. The molecule has 2 heteroatoms. The average molecular weight is 177 g/mol. The highest BCUT2D eigenvalue weighted by molar-refractivity contribution is 5.50. The predicted molar refractivity (Wildman–Crippen MR) is 53.1 cm³/mol. The van der Waals surface area contributed by atoms with Gasteiger partial charge in [0.05, 0.1) is 0 Å². The fourth-order valence-electron chi connectivity index (χ4n) is 1.09. The molecule has 1 nitrogen and oxygen atoms in total. The lowest BCUT2D eigenvalue weighted by molar-refractivity contribution is 0.627. The van der Waals surface area contributed by atoms with Gasteiger partial charge in [0, 0.05) is 18.7 Å². The Balaban J connectivity index is 2.62. The molecule has 1 N–H and O–H groups in total. The number of terminal acetylenes is 1. The van der Waals surface area contributed by atoms with E-state index in [2.05, 4.69) is 11.2 Å². The molecule has 0 aromatic heterocycles. The summed E-state index contributed by atoms with van der Waals surface area (Å²) in [6.45, 7) is 2.59. The Morgan fingerprint density at radius 3 is 2.92 bits per heavy atom. The Labute approximate surface area is 78.0 Å². The summed E-state index contributed by atoms with van der Waals surface area (Å²) in [6, 6.07) is 4.66. The van der Waals surface area contributed by atoms with Crippen LogP contribution in [0.2, 0.25) is 0 Å². The van der Waals surface area contributed by atoms with Crippen molar-refractivity contribution >= 4 is 5.69 Å². The fourth-order valence-corrected chi connectivity index (χ4v) is 1.09. The van der Waals surface area contributed by atoms with Gasteiger partial charge in [0.2, 0.25) is 0 Å². The van der Waals surface area contributed by atoms with Crippen LogP contribution in [-0.4, -0.2) is 6.54 Å². The monoisotopic (exact) mass is 177 g/mol. The molecule has 0 aliphatic heterocycles. The van der Waals surface area contributed by atoms with Crippen LogP contribution in [0.1, 0.15) is 12.0 Å². The van der Waals surface area contributed by atoms with E-state index in [1.807, 2.05) is 6.92 Å². The van der Waals surface area contributed by atoms with E-state index >= 15 is 0 Å². The summed E-state index contributed by atoms with van der Waals surface area (Å²) < 4.78 is 12.7. The zero-order valence-electron chi connectivity index (χ0n) is 7.60. The maximum Gasteiger partial charge on any atom is 0.123 e. The molecule has 0 fully saturated rings. The first-order valence-electron chi connectivity index (χ1n) is 4.17. The summed E-state index contributed by atoms with van der Waals surface area (Å²) in [5.74, 6) is 2.32. The van der Waals surface area contributed by atoms with E-state index in [-0.39, 0.29) is 5.82 Å². The largest absolute Gasteiger partial charge is 0.384 e. The average Bonchev–Trinajstić information content (AvgIpc) is 2.09. The van der Waals surface area contributed by atoms with Crippen LogP contribution >= 0.6 is 0 Å². The first kappa shape index (κ1) is 9.60. The lowest BCUT2D eigenvalue weighted by Crippen LogP contribution is -2.01. The second-order valence-corrected chi connectivity index (χ2v) is 2.84. The molecule has 0 saturated carbocycles. The van der Waals surface area contributed by atoms with Crippen molar-refractivity contribution in [1.82, 2.24) is 0 Å². The van der Waals surface area contributed by atoms with E-state index in [9.17, 15) is 4.39 Å². The van der Waals surface area contributed by atoms with Gasteiger partial charge in [-0.05, 0) is 30.7 Å². The topological polar surface area (TPSA) is 12.0 Å². The van der Waals surface area contributed by atoms with Gasteiger partial charge in [0.25, 0.3) is 0 Å². The van der Waals surface area contributed by atoms with Gasteiger partial charge < -0.3 is 5.32 Å². The van der Waals surface area contributed by atoms with Crippen LogP contribution in [0.25, 0.3) is 0 Å². The van der Waals surface area contributed by atoms with Gasteiger partial charge >= 0.3 is 0 Å². The standard InChI is InChI=1S/C11H12FN/c1-3-4-7-13-11-6-5-10(12)8-9(11)2/h1,5-6,8,13H,4,7H2,2H3. The maximum atomic E-state index is 12.7. The number of hydrogen-bond acceptors (Lipinski definition) is 1. The van der Waals surface area contributed by atoms with Crippen LogP contribution in [0.3, 0.4) is 0 Å². The molecule has 0 amide bonds. The van der Waals surface area contributed by atoms with Gasteiger partial charge in [-0.1, -0.05) is 0 Å². The van der Waals surface area contributed by atoms with Crippen LogP contribution in [-0.2, 0) is 0 Å². The van der Waals surface area contributed by atoms with E-state index < -0.39 is 0 Å². The molecule has 0 aliphatic rings. The molecule has 1 aromatic carbocycles. The van der Waals surface area contributed by atoms with Crippen LogP contribution in [0, 0.1) is 25.1 Å². The van der Waals surface area contributed by atoms with Crippen LogP contribution < -0.4 is 5.32 Å². The third-order valence-corrected chi connectivity index (χ3v) is 1.77. The molecule has 1 rings (SSSR count). The fraction of sp³-hybridized carbons (Fsp3) is 0.273. The van der Waals surface area contributed by atoms with Gasteiger partial charge in [0.15, 0.2) is 0 Å². The summed E-state index contributed by atoms with van der Waals surface area (Å²) in [5.41, 5.74) is 1.84. The number of rotatable bonds is 3. The normalized spacial score (nSPS) is 9.31. The predicted octanol–water partition coefficient (Wildman–Crippen LogP) is 2.57. The van der Waals surface area contributed by atoms with Gasteiger partial charge in [0.1, 0.15) is 5.82 Å². The lowest BCUT2D eigenvalue weighted by atomic mass is 10.2. The number of benzene rings is 1. The highest BCUT2D eigenvalue weighted by Crippen LogP contribution is 2.15. The van der Waals surface area contributed by atoms with Crippen molar-refractivity contribution in [3.8, 4) is 12.3 Å². The molecule has 0 unspecified atom stereocenters. The number of hydrogen-bond donors (Lipinski definition) is 1. The number of anilines is 1. The molecule has 0 heterocycles. The second kappa shape index (κ2) is 4.51. The zero-order chi connectivity index (χ0) is 9.68. The van der Waals surface area contributed by atoms with E-state index in [1.165, 1.54) is 12.1 Å². The molecule has 68 valence electrons. The van der Waals surface area contributed by atoms with Gasteiger partial charge in [-0.3, -0.25) is 0 Å². The summed E-state index contributed by atoms with van der Waals surface area (Å²) in [4.78, 5) is 0. The molecule has 0 saturated heterocycles. The molecule has 1 aromatic rings. The van der Waals surface area contributed by atoms with E-state index in [0.29, 0.717) is 6.42 Å². The molecular formula is C11H12FN. The minimum absolute atomic E-state index is 0.208. The van der Waals surface area contributed by atoms with Crippen LogP contribution in [0.5, 0.6) is 0 Å². The Morgan fingerprint density at radius 2 is 2.31 bits per heavy atom. The Hall–Kier alpha value is -1.49. The van der Waals surface area contributed by atoms with E-state index in [1.54, 1.807) is 6.07 Å². The first-order valence-corrected chi connectivity index (χ1v) is 4.17. The van der Waals surface area contributed by atoms with E-state index in [0.717, 1.165) is 17.8 Å². The molecule has 0 bridgehead atoms. The highest BCUT2D eigenvalue weighted by atomic mass is 19.1. The van der Waals surface area contributed by atoms with Gasteiger partial charge in [-0.2, -0.15) is 0 Å². The van der Waals surface area contributed by atoms with Crippen molar-refractivity contribution in [3.63, 3.8) is 0 Å². The van der Waals surface area contributed by atoms with Crippen molar-refractivity contribution < 1.29 is 4.39 Å². The summed E-state index contributed by atoms with van der Waals surface area (Å²) >= 11 is 0. The molecule has 0 radical (unpaired) electrons. The van der Waals surface area contributed by atoms with Crippen LogP contribution in [0.15, 0.2) is 18.2 Å². The third-order valence-electron chi connectivity index (χ3n) is 1.77. The lowest BCUT2D eigenvalue weighted by Gasteiger charge is -2.07. The minimum atomic E-state index is -0.208. The molecule has 0 aliphatic carbocycles. The second-order valence-electron chi connectivity index (χ2n) is 2.84. The summed E-state index contributed by atoms with van der Waals surface area (Å²) in [7, 11) is 0. The summed E-state index contributed by atoms with van der Waals surface area (Å²) in [5, 5.41) is 3.13. The first-order chi connectivity index (χ1) is 6.24. The highest BCUT2D eigenvalue weighted by Gasteiger charge is 1.97. The Bertz CT molecular complexity index is 325. The van der Waals surface area contributed by atoms with Gasteiger partial charge in [-0.15, -0.1) is 12.3 Å². The quantitative estimate of drug-likeness (QED) is 0.552. The molecular weight excluding hydrogens is 165 g/mol. The van der Waals surface area contributed by atoms with Crippen molar-refractivity contribution in [2.45, 2.75) is 13.3 Å². The Morgan fingerprint density at radius 1 is 1.54 bits per heavy atom. The van der Waals surface area contributed by atoms with Gasteiger partial charge in [-0.25, -0.2) is 4.39 Å². The zero-order valence-corrected chi connectivity index (χ0v) is 7.60. The molecule has 0 atom stereocenters. The van der Waals surface area contributed by atoms with Crippen molar-refractivity contribution in [2.75, 3.05) is 11.9 Å². The molecule has 13 heavy (non-hydrogen) atoms. The smallest absolute Gasteiger partial charge is 0.123 e. The summed E-state index contributed by atoms with van der Waals surface area (Å²) in [6.07, 6.45) is 5.78. The number of aryl methyl sites for hydroxylation is 1. The molecule has 0 spiro atoms. The minimum Gasteiger partial charge on any atom is -0.384 e. The number of halogens is 1. The van der Waals surface area contributed by atoms with Crippen molar-refractivity contribution in [3.05, 3.63) is 29.6 Å². The third kappa shape index (κ3) is 2.79. The van der Waals surface area contributed by atoms with Crippen molar-refractivity contribution in [2.24, 2.45) is 0 Å². The maximum absolute atomic E-state index is 12.7. The van der Waals surface area contributed by atoms with Crippen molar-refractivity contribution in [1.29, 1.82) is 0 Å². The van der Waals surface area contributed by atoms with E-state index in [4.69, 9.17) is 6.42 Å². The SMILES string of the molecule is C#CCCNc1ccc(F)cc1C. The Kier molecular flexibility index (Phi) is 3.33. The van der Waals surface area contributed by atoms with Crippen LogP contribution in [0.4, 0.5) is 10.1 Å².